The predicted octanol–water partition coefficient (Wildman–Crippen LogP) is -0.418. The van der Waals surface area contributed by atoms with E-state index < -0.39 is 17.9 Å². The molecule has 0 atom stereocenters. The third-order valence-electron chi connectivity index (χ3n) is 1.04. The summed E-state index contributed by atoms with van der Waals surface area (Å²) in [5, 5.41) is 27.6. The number of alkyl halides is 2. The van der Waals surface area contributed by atoms with Crippen LogP contribution in [0.2, 0.25) is 5.36 Å². The number of hydrogen-bond donors (Lipinski definition) is 0. The largest absolute Gasteiger partial charge is 2.00 e. The molecule has 0 aliphatic carbocycles. The fraction of sp³-hybridized carbons (Fsp3) is 0.750. The van der Waals surface area contributed by atoms with Crippen LogP contribution in [-0.2, 0) is 46.9 Å². The molecule has 0 saturated carbocycles. The van der Waals surface area contributed by atoms with Gasteiger partial charge in [-0.2, -0.15) is 0 Å². The topological polar surface area (TPSA) is 120 Å². The number of carboxylic acid groups (broad SMARTS) is 3. The van der Waals surface area contributed by atoms with Crippen molar-refractivity contribution in [2.45, 2.75) is 56.6 Å². The summed E-state index contributed by atoms with van der Waals surface area (Å²) in [6.07, 6.45) is 4.39. The summed E-state index contributed by atoms with van der Waals surface area (Å²) < 4.78 is 0. The molecule has 0 spiro atoms. The van der Waals surface area contributed by atoms with Gasteiger partial charge < -0.3 is 29.7 Å². The fourth-order valence-electron chi connectivity index (χ4n) is 0.559. The van der Waals surface area contributed by atoms with Crippen molar-refractivity contribution in [3.8, 4) is 0 Å². The van der Waals surface area contributed by atoms with E-state index in [0.717, 1.165) is 39.0 Å². The summed E-state index contributed by atoms with van der Waals surface area (Å²) in [5.74, 6) is -3.25. The number of carboxylic acids is 3. The second-order valence-electron chi connectivity index (χ2n) is 3.38. The minimum Gasteiger partial charge on any atom is 2.00 e. The van der Waals surface area contributed by atoms with Crippen molar-refractivity contribution < 1.29 is 62.2 Å². The summed E-state index contributed by atoms with van der Waals surface area (Å²) in [7, 11) is 0. The van der Waals surface area contributed by atoms with Gasteiger partial charge in [0.1, 0.15) is 0 Å². The van der Waals surface area contributed by atoms with E-state index in [9.17, 15) is 0 Å². The van der Waals surface area contributed by atoms with E-state index in [4.69, 9.17) is 52.9 Å². The first kappa shape index (κ1) is 33.6. The third kappa shape index (κ3) is 200. The molecule has 0 aromatic rings. The van der Waals surface area contributed by atoms with Crippen LogP contribution in [0.5, 0.6) is 0 Å². The minimum absolute atomic E-state index is 0. The van der Waals surface area contributed by atoms with Crippen LogP contribution in [-0.4, -0.2) is 22.7 Å². The maximum absolute atomic E-state index is 8.89. The molecule has 22 heavy (non-hydrogen) atoms. The zero-order chi connectivity index (χ0) is 17.8. The van der Waals surface area contributed by atoms with Gasteiger partial charge in [0.25, 0.3) is 0 Å². The molecule has 0 aliphatic rings. The molecule has 0 aromatic carbocycles. The Bertz CT molecular complexity index is 225. The number of aliphatic carboxylic acids is 3. The Morgan fingerprint density at radius 1 is 0.864 bits per heavy atom. The van der Waals surface area contributed by atoms with E-state index >= 15 is 0 Å². The monoisotopic (exact) mass is 448 g/mol. The average Bonchev–Trinajstić information content (AvgIpc) is 2.21. The summed E-state index contributed by atoms with van der Waals surface area (Å²) >= 11 is 15.1. The van der Waals surface area contributed by atoms with Crippen molar-refractivity contribution in [1.82, 2.24) is 0 Å². The minimum atomic E-state index is -1.08. The smallest absolute Gasteiger partial charge is 2.00 e. The maximum atomic E-state index is 8.89. The number of rotatable bonds is 5. The predicted molar refractivity (Wildman–Crippen MR) is 70.8 cm³/mol. The van der Waals surface area contributed by atoms with Gasteiger partial charge >= 0.3 is 91.6 Å². The van der Waals surface area contributed by atoms with Crippen molar-refractivity contribution in [3.63, 3.8) is 0 Å². The summed E-state index contributed by atoms with van der Waals surface area (Å²) in [4.78, 5) is 26.5. The summed E-state index contributed by atoms with van der Waals surface area (Å²) in [5.41, 5.74) is 0. The molecule has 0 unspecified atom stereocenters. The summed E-state index contributed by atoms with van der Waals surface area (Å²) in [6.45, 7) is 2.92. The van der Waals surface area contributed by atoms with Crippen LogP contribution in [0.1, 0.15) is 46.5 Å². The van der Waals surface area contributed by atoms with Crippen molar-refractivity contribution in [3.05, 3.63) is 0 Å². The van der Waals surface area contributed by atoms with Crippen molar-refractivity contribution in [1.29, 1.82) is 0 Å². The normalized spacial score (nSPS) is 7.77. The van der Waals surface area contributed by atoms with Crippen LogP contribution in [0.3, 0.4) is 0 Å². The molecule has 0 bridgehead atoms. The number of carbonyl (C=O) groups is 3. The zero-order valence-corrected chi connectivity index (χ0v) is 16.1. The third-order valence-corrected chi connectivity index (χ3v) is 1.84. The van der Waals surface area contributed by atoms with Crippen LogP contribution in [0.25, 0.3) is 0 Å². The number of halogens is 2. The van der Waals surface area contributed by atoms with Gasteiger partial charge in [0.05, 0.1) is 0 Å². The van der Waals surface area contributed by atoms with Gasteiger partial charge in [-0.1, -0.05) is 0 Å². The second-order valence-corrected chi connectivity index (χ2v) is 5.18. The van der Waals surface area contributed by atoms with Gasteiger partial charge in [0.15, 0.2) is 0 Å². The van der Waals surface area contributed by atoms with E-state index in [2.05, 4.69) is 15.7 Å². The van der Waals surface area contributed by atoms with Crippen LogP contribution in [0.4, 0.5) is 0 Å². The Balaban J connectivity index is -0.0000000632. The molecule has 136 valence electrons. The molecule has 0 saturated heterocycles. The van der Waals surface area contributed by atoms with E-state index in [-0.39, 0.29) is 21.6 Å². The van der Waals surface area contributed by atoms with E-state index in [1.165, 1.54) is 12.8 Å². The second kappa shape index (κ2) is 29.1. The Kier molecular flexibility index (Phi) is 44.4. The molecule has 0 aliphatic heterocycles. The van der Waals surface area contributed by atoms with Crippen molar-refractivity contribution >= 4 is 41.1 Å². The molecular weight excluding hydrogens is 429 g/mol. The van der Waals surface area contributed by atoms with Gasteiger partial charge in [-0.3, -0.25) is 0 Å². The Hall–Kier alpha value is 0.00299. The van der Waals surface area contributed by atoms with E-state index in [1.807, 2.05) is 0 Å². The fourth-order valence-corrected chi connectivity index (χ4v) is 1.13. The van der Waals surface area contributed by atoms with Gasteiger partial charge in [-0.15, -0.1) is 0 Å². The van der Waals surface area contributed by atoms with Gasteiger partial charge in [0.2, 0.25) is 0 Å². The number of hydrogen-bond acceptors (Lipinski definition) is 6. The first-order valence-corrected chi connectivity index (χ1v) is 7.41. The summed E-state index contributed by atoms with van der Waals surface area (Å²) in [6, 6.07) is 0. The van der Waals surface area contributed by atoms with Gasteiger partial charge in [0, 0.05) is 17.9 Å². The Labute approximate surface area is 159 Å². The molecule has 6 nitrogen and oxygen atoms in total. The first-order valence-electron chi connectivity index (χ1n) is 5.81. The Morgan fingerprint density at radius 2 is 1.14 bits per heavy atom. The van der Waals surface area contributed by atoms with Crippen molar-refractivity contribution in [2.75, 3.05) is 0 Å². The molecule has 0 N–H and O–H groups in total. The van der Waals surface area contributed by atoms with Gasteiger partial charge in [-0.05, 0) is 20.8 Å². The standard InChI is InChI=1S/C6H11Cl2.3C2H4O2.2Co/c1-2-3-4-5-6(7)8;3*1-2(3)4;;/h6H,1-5H2;3*1H3,(H,3,4);;/q;;;;+1;+2/p-3. The molecule has 0 rings (SSSR count). The average molecular weight is 449 g/mol. The van der Waals surface area contributed by atoms with Crippen molar-refractivity contribution in [2.24, 2.45) is 0 Å². The Morgan fingerprint density at radius 3 is 1.32 bits per heavy atom. The van der Waals surface area contributed by atoms with Crippen LogP contribution in [0, 0.1) is 0 Å². The number of carbonyl (C=O) groups excluding carboxylic acids is 3. The molecule has 0 heterocycles. The molecule has 0 amide bonds. The van der Waals surface area contributed by atoms with E-state index in [0.29, 0.717) is 0 Å². The molecule has 10 heteroatoms. The van der Waals surface area contributed by atoms with Crippen LogP contribution in [0.15, 0.2) is 0 Å². The van der Waals surface area contributed by atoms with Crippen LogP contribution < -0.4 is 15.3 Å². The maximum Gasteiger partial charge on any atom is 2.00 e. The van der Waals surface area contributed by atoms with E-state index in [1.54, 1.807) is 0 Å². The quantitative estimate of drug-likeness (QED) is 0.416. The SMILES string of the molecule is CC(=O)[O-].CC(=O)[O-].CC(=O)[O-].ClC(Cl)CCCC[CH2][Co+].[Co+2]. The molecule has 0 aromatic heterocycles. The van der Waals surface area contributed by atoms with Gasteiger partial charge in [-0.25, -0.2) is 0 Å². The first-order chi connectivity index (χ1) is 9.47. The molecular formula is C12H20Cl2Co2O6. The molecule has 0 fully saturated rings. The number of unbranched alkanes of at least 4 members (excludes halogenated alkanes) is 2. The zero-order valence-electron chi connectivity index (χ0n) is 12.5. The van der Waals surface area contributed by atoms with Crippen LogP contribution >= 0.6 is 23.2 Å². The molecule has 1 radical (unpaired) electrons.